The standard InChI is InChI=1S/C22H20FNO2/c23-16-7-5-15(6-8-16)18-9-10-21(20-4-2-1-3-19(18)20)22(26)24-13-11-17(25)12-14-24/h1-10,17,25H,11-14H2. The van der Waals surface area contributed by atoms with E-state index in [1.54, 1.807) is 12.1 Å². The van der Waals surface area contributed by atoms with Crippen LogP contribution in [0.2, 0.25) is 0 Å². The third-order valence-electron chi connectivity index (χ3n) is 5.06. The van der Waals surface area contributed by atoms with Crippen LogP contribution in [0.15, 0.2) is 60.7 Å². The van der Waals surface area contributed by atoms with E-state index in [-0.39, 0.29) is 17.8 Å². The van der Waals surface area contributed by atoms with Crippen molar-refractivity contribution >= 4 is 16.7 Å². The molecule has 0 unspecified atom stereocenters. The van der Waals surface area contributed by atoms with Gasteiger partial charge in [-0.2, -0.15) is 0 Å². The fourth-order valence-corrected chi connectivity index (χ4v) is 3.61. The molecule has 0 atom stereocenters. The molecule has 1 saturated heterocycles. The van der Waals surface area contributed by atoms with Crippen LogP contribution in [0.5, 0.6) is 0 Å². The Kier molecular flexibility index (Phi) is 4.43. The first kappa shape index (κ1) is 16.7. The number of carbonyl (C=O) groups excluding carboxylic acids is 1. The summed E-state index contributed by atoms with van der Waals surface area (Å²) in [6.07, 6.45) is 0.936. The summed E-state index contributed by atoms with van der Waals surface area (Å²) in [6, 6.07) is 18.0. The van der Waals surface area contributed by atoms with Crippen molar-refractivity contribution < 1.29 is 14.3 Å². The molecule has 1 N–H and O–H groups in total. The maximum absolute atomic E-state index is 13.3. The molecule has 0 saturated carbocycles. The van der Waals surface area contributed by atoms with Gasteiger partial charge < -0.3 is 10.0 Å². The lowest BCUT2D eigenvalue weighted by Crippen LogP contribution is -2.40. The predicted molar refractivity (Wildman–Crippen MR) is 100 cm³/mol. The van der Waals surface area contributed by atoms with Crippen LogP contribution in [-0.4, -0.2) is 35.1 Å². The highest BCUT2D eigenvalue weighted by atomic mass is 19.1. The number of hydrogen-bond acceptors (Lipinski definition) is 2. The van der Waals surface area contributed by atoms with E-state index >= 15 is 0 Å². The third kappa shape index (κ3) is 3.08. The molecular weight excluding hydrogens is 329 g/mol. The topological polar surface area (TPSA) is 40.5 Å². The Hall–Kier alpha value is -2.72. The zero-order valence-corrected chi connectivity index (χ0v) is 14.4. The number of hydrogen-bond donors (Lipinski definition) is 1. The van der Waals surface area contributed by atoms with E-state index in [2.05, 4.69) is 0 Å². The molecule has 26 heavy (non-hydrogen) atoms. The Balaban J connectivity index is 1.77. The SMILES string of the molecule is O=C(c1ccc(-c2ccc(F)cc2)c2ccccc12)N1CCC(O)CC1. The Morgan fingerprint density at radius 1 is 0.923 bits per heavy atom. The third-order valence-corrected chi connectivity index (χ3v) is 5.06. The lowest BCUT2D eigenvalue weighted by molar-refractivity contribution is 0.0548. The number of carbonyl (C=O) groups is 1. The molecule has 0 radical (unpaired) electrons. The normalized spacial score (nSPS) is 15.4. The van der Waals surface area contributed by atoms with Crippen LogP contribution in [0, 0.1) is 5.82 Å². The van der Waals surface area contributed by atoms with Crippen molar-refractivity contribution in [2.45, 2.75) is 18.9 Å². The predicted octanol–water partition coefficient (Wildman–Crippen LogP) is 4.24. The first-order valence-corrected chi connectivity index (χ1v) is 8.88. The Labute approximate surface area is 151 Å². The number of aliphatic hydroxyl groups excluding tert-OH is 1. The van der Waals surface area contributed by atoms with Crippen LogP contribution < -0.4 is 0 Å². The summed E-state index contributed by atoms with van der Waals surface area (Å²) < 4.78 is 13.3. The number of piperidine rings is 1. The number of halogens is 1. The molecule has 3 aromatic carbocycles. The first-order chi connectivity index (χ1) is 12.6. The Morgan fingerprint density at radius 3 is 2.27 bits per heavy atom. The maximum atomic E-state index is 13.3. The quantitative estimate of drug-likeness (QED) is 0.752. The number of nitrogens with zero attached hydrogens (tertiary/aromatic N) is 1. The Bertz CT molecular complexity index is 944. The van der Waals surface area contributed by atoms with Crippen LogP contribution in [0.4, 0.5) is 4.39 Å². The van der Waals surface area contributed by atoms with Gasteiger partial charge in [0.25, 0.3) is 5.91 Å². The molecule has 1 fully saturated rings. The lowest BCUT2D eigenvalue weighted by atomic mass is 9.94. The van der Waals surface area contributed by atoms with Gasteiger partial charge in [0.15, 0.2) is 0 Å². The van der Waals surface area contributed by atoms with Gasteiger partial charge in [-0.3, -0.25) is 4.79 Å². The van der Waals surface area contributed by atoms with Crippen LogP contribution in [0.3, 0.4) is 0 Å². The van der Waals surface area contributed by atoms with Crippen molar-refractivity contribution in [3.63, 3.8) is 0 Å². The van der Waals surface area contributed by atoms with E-state index in [9.17, 15) is 14.3 Å². The molecule has 0 aliphatic carbocycles. The van der Waals surface area contributed by atoms with Gasteiger partial charge in [0, 0.05) is 18.7 Å². The number of amides is 1. The summed E-state index contributed by atoms with van der Waals surface area (Å²) in [5, 5.41) is 11.5. The number of aliphatic hydroxyl groups is 1. The molecule has 0 aromatic heterocycles. The average Bonchev–Trinajstić information content (AvgIpc) is 2.68. The van der Waals surface area contributed by atoms with Gasteiger partial charge in [0.05, 0.1) is 6.10 Å². The molecular formula is C22H20FNO2. The summed E-state index contributed by atoms with van der Waals surface area (Å²) in [4.78, 5) is 14.8. The second-order valence-electron chi connectivity index (χ2n) is 6.74. The van der Waals surface area contributed by atoms with E-state index in [0.29, 0.717) is 31.5 Å². The van der Waals surface area contributed by atoms with Crippen molar-refractivity contribution in [1.29, 1.82) is 0 Å². The van der Waals surface area contributed by atoms with Crippen LogP contribution in [-0.2, 0) is 0 Å². The average molecular weight is 349 g/mol. The summed E-state index contributed by atoms with van der Waals surface area (Å²) >= 11 is 0. The smallest absolute Gasteiger partial charge is 0.254 e. The molecule has 132 valence electrons. The van der Waals surface area contributed by atoms with Crippen molar-refractivity contribution in [3.8, 4) is 11.1 Å². The first-order valence-electron chi connectivity index (χ1n) is 8.88. The molecule has 0 bridgehead atoms. The van der Waals surface area contributed by atoms with Gasteiger partial charge in [-0.05, 0) is 52.9 Å². The van der Waals surface area contributed by atoms with Crippen LogP contribution >= 0.6 is 0 Å². The number of benzene rings is 3. The molecule has 1 aliphatic rings. The molecule has 4 rings (SSSR count). The van der Waals surface area contributed by atoms with Gasteiger partial charge in [-0.1, -0.05) is 42.5 Å². The fraction of sp³-hybridized carbons (Fsp3) is 0.227. The number of likely N-dealkylation sites (tertiary alicyclic amines) is 1. The zero-order chi connectivity index (χ0) is 18.1. The molecule has 1 heterocycles. The van der Waals surface area contributed by atoms with E-state index < -0.39 is 0 Å². The van der Waals surface area contributed by atoms with Crippen LogP contribution in [0.1, 0.15) is 23.2 Å². The summed E-state index contributed by atoms with van der Waals surface area (Å²) in [6.45, 7) is 1.15. The summed E-state index contributed by atoms with van der Waals surface area (Å²) in [5.41, 5.74) is 2.57. The highest BCUT2D eigenvalue weighted by Crippen LogP contribution is 2.32. The molecule has 0 spiro atoms. The zero-order valence-electron chi connectivity index (χ0n) is 14.4. The van der Waals surface area contributed by atoms with Gasteiger partial charge in [-0.25, -0.2) is 4.39 Å². The lowest BCUT2D eigenvalue weighted by Gasteiger charge is -2.30. The highest BCUT2D eigenvalue weighted by Gasteiger charge is 2.24. The van der Waals surface area contributed by atoms with E-state index in [0.717, 1.165) is 21.9 Å². The van der Waals surface area contributed by atoms with Crippen molar-refractivity contribution in [2.24, 2.45) is 0 Å². The van der Waals surface area contributed by atoms with Gasteiger partial charge in [0.1, 0.15) is 5.82 Å². The van der Waals surface area contributed by atoms with Crippen molar-refractivity contribution in [1.82, 2.24) is 4.90 Å². The van der Waals surface area contributed by atoms with Crippen molar-refractivity contribution in [2.75, 3.05) is 13.1 Å². The van der Waals surface area contributed by atoms with E-state index in [4.69, 9.17) is 0 Å². The van der Waals surface area contributed by atoms with Gasteiger partial charge >= 0.3 is 0 Å². The summed E-state index contributed by atoms with van der Waals surface area (Å²) in [5.74, 6) is -0.268. The van der Waals surface area contributed by atoms with Gasteiger partial charge in [0.2, 0.25) is 0 Å². The molecule has 3 aromatic rings. The minimum Gasteiger partial charge on any atom is -0.393 e. The monoisotopic (exact) mass is 349 g/mol. The van der Waals surface area contributed by atoms with E-state index in [1.807, 2.05) is 41.3 Å². The van der Waals surface area contributed by atoms with Gasteiger partial charge in [-0.15, -0.1) is 0 Å². The van der Waals surface area contributed by atoms with Crippen molar-refractivity contribution in [3.05, 3.63) is 72.0 Å². The number of fused-ring (bicyclic) bond motifs is 1. The molecule has 3 nitrogen and oxygen atoms in total. The summed E-state index contributed by atoms with van der Waals surface area (Å²) in [7, 11) is 0. The second-order valence-corrected chi connectivity index (χ2v) is 6.74. The molecule has 1 amide bonds. The molecule has 1 aliphatic heterocycles. The largest absolute Gasteiger partial charge is 0.393 e. The number of rotatable bonds is 2. The maximum Gasteiger partial charge on any atom is 0.254 e. The van der Waals surface area contributed by atoms with Crippen LogP contribution in [0.25, 0.3) is 21.9 Å². The minimum absolute atomic E-state index is 0.00115. The van der Waals surface area contributed by atoms with E-state index in [1.165, 1.54) is 12.1 Å². The molecule has 4 heteroatoms. The minimum atomic E-state index is -0.309. The Morgan fingerprint density at radius 2 is 1.58 bits per heavy atom. The highest BCUT2D eigenvalue weighted by molar-refractivity contribution is 6.11. The fourth-order valence-electron chi connectivity index (χ4n) is 3.61. The second kappa shape index (κ2) is 6.89.